The van der Waals surface area contributed by atoms with Crippen molar-refractivity contribution in [2.45, 2.75) is 6.42 Å². The third kappa shape index (κ3) is 2.73. The fraction of sp³-hybridized carbons (Fsp3) is 0.300. The summed E-state index contributed by atoms with van der Waals surface area (Å²) in [6, 6.07) is 9.37. The quantitative estimate of drug-likeness (QED) is 0.802. The Morgan fingerprint density at radius 3 is 2.69 bits per heavy atom. The zero-order valence-electron chi connectivity index (χ0n) is 7.07. The van der Waals surface area contributed by atoms with Crippen molar-refractivity contribution in [1.29, 1.82) is 5.26 Å². The maximum atomic E-state index is 8.81. The first-order chi connectivity index (χ1) is 6.27. The van der Waals surface area contributed by atoms with Crippen LogP contribution in [0.3, 0.4) is 0 Å². The van der Waals surface area contributed by atoms with Gasteiger partial charge >= 0.3 is 0 Å². The Balaban J connectivity index is 2.74. The molecule has 1 N–H and O–H groups in total. The fourth-order valence-electron chi connectivity index (χ4n) is 1.08. The minimum absolute atomic E-state index is 0.123. The maximum Gasteiger partial charge on any atom is 0.0735 e. The molecule has 1 aromatic carbocycles. The smallest absolute Gasteiger partial charge is 0.0735 e. The molecule has 0 radical (unpaired) electrons. The van der Waals surface area contributed by atoms with Gasteiger partial charge < -0.3 is 5.11 Å². The second kappa shape index (κ2) is 4.86. The van der Waals surface area contributed by atoms with Gasteiger partial charge in [-0.15, -0.1) is 0 Å². The van der Waals surface area contributed by atoms with Crippen LogP contribution < -0.4 is 0 Å². The van der Waals surface area contributed by atoms with Crippen LogP contribution in [0.15, 0.2) is 24.3 Å². The Morgan fingerprint density at radius 2 is 2.15 bits per heavy atom. The summed E-state index contributed by atoms with van der Waals surface area (Å²) in [5.74, 6) is -0.361. The molecule has 0 aliphatic rings. The van der Waals surface area contributed by atoms with Crippen molar-refractivity contribution in [2.75, 3.05) is 6.61 Å². The molecule has 13 heavy (non-hydrogen) atoms. The van der Waals surface area contributed by atoms with E-state index < -0.39 is 0 Å². The molecule has 1 unspecified atom stereocenters. The summed E-state index contributed by atoms with van der Waals surface area (Å²) in [6.07, 6.45) is 0.507. The van der Waals surface area contributed by atoms with E-state index in [9.17, 15) is 0 Å². The van der Waals surface area contributed by atoms with E-state index >= 15 is 0 Å². The largest absolute Gasteiger partial charge is 0.395 e. The zero-order valence-corrected chi connectivity index (χ0v) is 7.83. The number of hydrogen-bond donors (Lipinski definition) is 1. The predicted octanol–water partition coefficient (Wildman–Crippen LogP) is 2.01. The van der Waals surface area contributed by atoms with Gasteiger partial charge in [0.25, 0.3) is 0 Å². The Hall–Kier alpha value is -1.04. The lowest BCUT2D eigenvalue weighted by Gasteiger charge is -2.06. The van der Waals surface area contributed by atoms with Crippen LogP contribution >= 0.6 is 11.6 Å². The van der Waals surface area contributed by atoms with Gasteiger partial charge in [0.1, 0.15) is 0 Å². The zero-order chi connectivity index (χ0) is 9.68. The van der Waals surface area contributed by atoms with Gasteiger partial charge in [0.2, 0.25) is 0 Å². The summed E-state index contributed by atoms with van der Waals surface area (Å²) in [6.45, 7) is -0.123. The highest BCUT2D eigenvalue weighted by molar-refractivity contribution is 6.31. The number of aliphatic hydroxyl groups excluding tert-OH is 1. The van der Waals surface area contributed by atoms with Crippen LogP contribution in [0.25, 0.3) is 0 Å². The van der Waals surface area contributed by atoms with Crippen molar-refractivity contribution in [2.24, 2.45) is 5.92 Å². The first kappa shape index (κ1) is 10.0. The molecule has 1 atom stereocenters. The molecule has 68 valence electrons. The van der Waals surface area contributed by atoms with Crippen LogP contribution in [-0.2, 0) is 6.42 Å². The number of nitriles is 1. The third-order valence-corrected chi connectivity index (χ3v) is 2.20. The molecule has 0 aromatic heterocycles. The van der Waals surface area contributed by atoms with Crippen LogP contribution in [0.1, 0.15) is 5.56 Å². The second-order valence-corrected chi connectivity index (χ2v) is 3.21. The van der Waals surface area contributed by atoms with Crippen LogP contribution in [0, 0.1) is 17.2 Å². The molecule has 0 fully saturated rings. The lowest BCUT2D eigenvalue weighted by Crippen LogP contribution is -2.06. The predicted molar refractivity (Wildman–Crippen MR) is 51.3 cm³/mol. The van der Waals surface area contributed by atoms with E-state index in [0.29, 0.717) is 11.4 Å². The highest BCUT2D eigenvalue weighted by atomic mass is 35.5. The normalized spacial score (nSPS) is 12.1. The van der Waals surface area contributed by atoms with E-state index in [1.807, 2.05) is 24.3 Å². The lowest BCUT2D eigenvalue weighted by atomic mass is 10.0. The molecule has 0 aliphatic heterocycles. The maximum absolute atomic E-state index is 8.81. The molecular formula is C10H10ClNO. The first-order valence-corrected chi connectivity index (χ1v) is 4.39. The Labute approximate surface area is 82.4 Å². The molecule has 1 rings (SSSR count). The van der Waals surface area contributed by atoms with Gasteiger partial charge in [-0.25, -0.2) is 0 Å². The van der Waals surface area contributed by atoms with E-state index in [2.05, 4.69) is 0 Å². The fourth-order valence-corrected chi connectivity index (χ4v) is 1.29. The van der Waals surface area contributed by atoms with Crippen molar-refractivity contribution in [1.82, 2.24) is 0 Å². The average molecular weight is 196 g/mol. The molecule has 2 nitrogen and oxygen atoms in total. The number of hydrogen-bond acceptors (Lipinski definition) is 2. The van der Waals surface area contributed by atoms with E-state index in [1.54, 1.807) is 6.07 Å². The second-order valence-electron chi connectivity index (χ2n) is 2.80. The monoisotopic (exact) mass is 195 g/mol. The van der Waals surface area contributed by atoms with Crippen molar-refractivity contribution in [3.05, 3.63) is 34.9 Å². The van der Waals surface area contributed by atoms with Gasteiger partial charge in [0.15, 0.2) is 0 Å². The van der Waals surface area contributed by atoms with Crippen LogP contribution in [-0.4, -0.2) is 11.7 Å². The molecule has 0 spiro atoms. The third-order valence-electron chi connectivity index (χ3n) is 1.83. The van der Waals surface area contributed by atoms with Crippen molar-refractivity contribution in [3.8, 4) is 6.07 Å². The highest BCUT2D eigenvalue weighted by Gasteiger charge is 2.08. The summed E-state index contributed by atoms with van der Waals surface area (Å²) >= 11 is 5.89. The number of nitrogens with zero attached hydrogens (tertiary/aromatic N) is 1. The van der Waals surface area contributed by atoms with E-state index in [0.717, 1.165) is 5.56 Å². The summed E-state index contributed by atoms with van der Waals surface area (Å²) in [4.78, 5) is 0. The highest BCUT2D eigenvalue weighted by Crippen LogP contribution is 2.18. The molecule has 0 saturated heterocycles. The van der Waals surface area contributed by atoms with Crippen LogP contribution in [0.4, 0.5) is 0 Å². The molecule has 0 heterocycles. The van der Waals surface area contributed by atoms with E-state index in [1.165, 1.54) is 0 Å². The minimum atomic E-state index is -0.361. The van der Waals surface area contributed by atoms with Crippen molar-refractivity contribution in [3.63, 3.8) is 0 Å². The van der Waals surface area contributed by atoms with Crippen molar-refractivity contribution < 1.29 is 5.11 Å². The van der Waals surface area contributed by atoms with E-state index in [-0.39, 0.29) is 12.5 Å². The summed E-state index contributed by atoms with van der Waals surface area (Å²) < 4.78 is 0. The van der Waals surface area contributed by atoms with Crippen LogP contribution in [0.5, 0.6) is 0 Å². The number of aliphatic hydroxyl groups is 1. The standard InChI is InChI=1S/C10H10ClNO/c11-10-4-2-1-3-9(10)5-8(6-12)7-13/h1-4,8,13H,5,7H2. The first-order valence-electron chi connectivity index (χ1n) is 4.01. The molecule has 0 saturated carbocycles. The topological polar surface area (TPSA) is 44.0 Å². The van der Waals surface area contributed by atoms with Gasteiger partial charge in [-0.05, 0) is 18.1 Å². The van der Waals surface area contributed by atoms with Crippen LogP contribution in [0.2, 0.25) is 5.02 Å². The molecule has 0 amide bonds. The van der Waals surface area contributed by atoms with Crippen molar-refractivity contribution >= 4 is 11.6 Å². The molecule has 0 bridgehead atoms. The minimum Gasteiger partial charge on any atom is -0.395 e. The summed E-state index contributed by atoms with van der Waals surface area (Å²) in [7, 11) is 0. The Bertz CT molecular complexity index is 319. The summed E-state index contributed by atoms with van der Waals surface area (Å²) in [5, 5.41) is 18.1. The van der Waals surface area contributed by atoms with Gasteiger partial charge in [-0.2, -0.15) is 5.26 Å². The number of benzene rings is 1. The SMILES string of the molecule is N#CC(CO)Cc1ccccc1Cl. The Kier molecular flexibility index (Phi) is 3.75. The summed E-state index contributed by atoms with van der Waals surface area (Å²) in [5.41, 5.74) is 0.907. The average Bonchev–Trinajstić information content (AvgIpc) is 2.17. The van der Waals surface area contributed by atoms with Gasteiger partial charge in [-0.3, -0.25) is 0 Å². The van der Waals surface area contributed by atoms with E-state index in [4.69, 9.17) is 22.0 Å². The van der Waals surface area contributed by atoms with Gasteiger partial charge in [0, 0.05) is 5.02 Å². The molecule has 1 aromatic rings. The van der Waals surface area contributed by atoms with Gasteiger partial charge in [-0.1, -0.05) is 29.8 Å². The molecule has 3 heteroatoms. The Morgan fingerprint density at radius 1 is 1.46 bits per heavy atom. The number of rotatable bonds is 3. The van der Waals surface area contributed by atoms with Gasteiger partial charge in [0.05, 0.1) is 18.6 Å². The molecule has 0 aliphatic carbocycles. The number of halogens is 1. The lowest BCUT2D eigenvalue weighted by molar-refractivity contribution is 0.255. The molecular weight excluding hydrogens is 186 g/mol.